The van der Waals surface area contributed by atoms with Crippen LogP contribution < -0.4 is 24.8 Å². The molecule has 0 radical (unpaired) electrons. The van der Waals surface area contributed by atoms with E-state index in [1.54, 1.807) is 21.3 Å². The summed E-state index contributed by atoms with van der Waals surface area (Å²) in [6, 6.07) is 11.1. The molecule has 0 saturated heterocycles. The summed E-state index contributed by atoms with van der Waals surface area (Å²) >= 11 is 0. The number of rotatable bonds is 7. The van der Waals surface area contributed by atoms with Gasteiger partial charge in [0.05, 0.1) is 21.3 Å². The van der Waals surface area contributed by atoms with Crippen molar-refractivity contribution in [3.63, 3.8) is 0 Å². The zero-order valence-electron chi connectivity index (χ0n) is 15.2. The SMILES string of the molecule is COc1cc(Nc2ccc(NC(=O)C(C)C)cc2)cc(OC)c1OC. The minimum absolute atomic E-state index is 0.00895. The van der Waals surface area contributed by atoms with Gasteiger partial charge >= 0.3 is 0 Å². The molecule has 0 heterocycles. The maximum absolute atomic E-state index is 11.7. The molecule has 0 saturated carbocycles. The Labute approximate surface area is 148 Å². The number of carbonyl (C=O) groups excluding carboxylic acids is 1. The van der Waals surface area contributed by atoms with Crippen LogP contribution in [0.25, 0.3) is 0 Å². The van der Waals surface area contributed by atoms with Gasteiger partial charge in [-0.2, -0.15) is 0 Å². The second-order valence-corrected chi connectivity index (χ2v) is 5.76. The lowest BCUT2D eigenvalue weighted by molar-refractivity contribution is -0.118. The monoisotopic (exact) mass is 344 g/mol. The molecule has 0 aromatic heterocycles. The number of carbonyl (C=O) groups is 1. The smallest absolute Gasteiger partial charge is 0.226 e. The second-order valence-electron chi connectivity index (χ2n) is 5.76. The van der Waals surface area contributed by atoms with Crippen LogP contribution in [0.5, 0.6) is 17.2 Å². The normalized spacial score (nSPS) is 10.3. The van der Waals surface area contributed by atoms with Gasteiger partial charge in [-0.05, 0) is 24.3 Å². The Kier molecular flexibility index (Phi) is 6.11. The molecular formula is C19H24N2O4. The third kappa shape index (κ3) is 4.56. The Balaban J connectivity index is 2.18. The molecule has 6 heteroatoms. The van der Waals surface area contributed by atoms with Crippen molar-refractivity contribution in [2.75, 3.05) is 32.0 Å². The summed E-state index contributed by atoms with van der Waals surface area (Å²) < 4.78 is 16.0. The van der Waals surface area contributed by atoms with E-state index in [0.29, 0.717) is 17.2 Å². The highest BCUT2D eigenvalue weighted by molar-refractivity contribution is 5.92. The van der Waals surface area contributed by atoms with Gasteiger partial charge in [-0.15, -0.1) is 0 Å². The van der Waals surface area contributed by atoms with Gasteiger partial charge in [0.2, 0.25) is 11.7 Å². The molecule has 1 amide bonds. The van der Waals surface area contributed by atoms with E-state index in [2.05, 4.69) is 10.6 Å². The fourth-order valence-corrected chi connectivity index (χ4v) is 2.24. The van der Waals surface area contributed by atoms with E-state index in [1.807, 2.05) is 50.2 Å². The van der Waals surface area contributed by atoms with E-state index in [4.69, 9.17) is 14.2 Å². The van der Waals surface area contributed by atoms with Gasteiger partial charge in [-0.1, -0.05) is 13.8 Å². The Morgan fingerprint density at radius 3 is 1.80 bits per heavy atom. The van der Waals surface area contributed by atoms with Gasteiger partial charge in [0.1, 0.15) is 0 Å². The lowest BCUT2D eigenvalue weighted by atomic mass is 10.2. The number of benzene rings is 2. The standard InChI is InChI=1S/C19H24N2O4/c1-12(2)19(22)21-14-8-6-13(7-9-14)20-15-10-16(23-3)18(25-5)17(11-15)24-4/h6-12,20H,1-5H3,(H,21,22). The topological polar surface area (TPSA) is 68.8 Å². The van der Waals surface area contributed by atoms with Crippen LogP contribution in [0.2, 0.25) is 0 Å². The van der Waals surface area contributed by atoms with Crippen molar-refractivity contribution >= 4 is 23.0 Å². The maximum Gasteiger partial charge on any atom is 0.226 e. The lowest BCUT2D eigenvalue weighted by Gasteiger charge is -2.15. The summed E-state index contributed by atoms with van der Waals surface area (Å²) in [5, 5.41) is 6.14. The van der Waals surface area contributed by atoms with Crippen LogP contribution in [-0.2, 0) is 4.79 Å². The summed E-state index contributed by atoms with van der Waals surface area (Å²) in [4.78, 5) is 11.7. The first-order chi connectivity index (χ1) is 12.0. The predicted molar refractivity (Wildman–Crippen MR) is 99.3 cm³/mol. The van der Waals surface area contributed by atoms with Crippen molar-refractivity contribution in [2.24, 2.45) is 5.92 Å². The molecule has 0 aliphatic heterocycles. The van der Waals surface area contributed by atoms with E-state index in [9.17, 15) is 4.79 Å². The van der Waals surface area contributed by atoms with Crippen molar-refractivity contribution < 1.29 is 19.0 Å². The molecule has 134 valence electrons. The first-order valence-corrected chi connectivity index (χ1v) is 7.96. The van der Waals surface area contributed by atoms with Gasteiger partial charge in [-0.3, -0.25) is 4.79 Å². The van der Waals surface area contributed by atoms with E-state index in [-0.39, 0.29) is 11.8 Å². The van der Waals surface area contributed by atoms with Crippen molar-refractivity contribution in [1.82, 2.24) is 0 Å². The summed E-state index contributed by atoms with van der Waals surface area (Å²) in [7, 11) is 4.72. The molecular weight excluding hydrogens is 320 g/mol. The summed E-state index contributed by atoms with van der Waals surface area (Å²) in [6.07, 6.45) is 0. The zero-order chi connectivity index (χ0) is 18.4. The minimum atomic E-state index is -0.0583. The van der Waals surface area contributed by atoms with E-state index >= 15 is 0 Å². The molecule has 25 heavy (non-hydrogen) atoms. The van der Waals surface area contributed by atoms with Crippen LogP contribution in [0.4, 0.5) is 17.1 Å². The zero-order valence-corrected chi connectivity index (χ0v) is 15.2. The van der Waals surface area contributed by atoms with E-state index in [1.165, 1.54) is 0 Å². The summed E-state index contributed by atoms with van der Waals surface area (Å²) in [5.74, 6) is 1.62. The molecule has 2 rings (SSSR count). The molecule has 6 nitrogen and oxygen atoms in total. The highest BCUT2D eigenvalue weighted by atomic mass is 16.5. The average molecular weight is 344 g/mol. The quantitative estimate of drug-likeness (QED) is 0.793. The molecule has 0 atom stereocenters. The van der Waals surface area contributed by atoms with Gasteiger partial charge < -0.3 is 24.8 Å². The van der Waals surface area contributed by atoms with Crippen molar-refractivity contribution in [2.45, 2.75) is 13.8 Å². The number of ether oxygens (including phenoxy) is 3. The molecule has 0 unspecified atom stereocenters. The Hall–Kier alpha value is -2.89. The maximum atomic E-state index is 11.7. The highest BCUT2D eigenvalue weighted by Crippen LogP contribution is 2.40. The minimum Gasteiger partial charge on any atom is -0.493 e. The van der Waals surface area contributed by atoms with Crippen molar-refractivity contribution in [3.8, 4) is 17.2 Å². The first kappa shape index (κ1) is 18.4. The number of amides is 1. The summed E-state index contributed by atoms with van der Waals surface area (Å²) in [6.45, 7) is 3.71. The second kappa shape index (κ2) is 8.28. The molecule has 0 aliphatic carbocycles. The van der Waals surface area contributed by atoms with Gasteiger partial charge in [0.25, 0.3) is 0 Å². The molecule has 0 aliphatic rings. The predicted octanol–water partition coefficient (Wildman–Crippen LogP) is 4.05. The van der Waals surface area contributed by atoms with Gasteiger partial charge in [0.15, 0.2) is 11.5 Å². The van der Waals surface area contributed by atoms with Crippen LogP contribution in [0, 0.1) is 5.92 Å². The van der Waals surface area contributed by atoms with Gasteiger partial charge in [0, 0.05) is 35.1 Å². The van der Waals surface area contributed by atoms with Crippen molar-refractivity contribution in [1.29, 1.82) is 0 Å². The van der Waals surface area contributed by atoms with E-state index in [0.717, 1.165) is 17.1 Å². The molecule has 0 spiro atoms. The number of hydrogen-bond donors (Lipinski definition) is 2. The molecule has 2 N–H and O–H groups in total. The number of nitrogens with one attached hydrogen (secondary N) is 2. The number of hydrogen-bond acceptors (Lipinski definition) is 5. The van der Waals surface area contributed by atoms with Crippen molar-refractivity contribution in [3.05, 3.63) is 36.4 Å². The number of anilines is 3. The largest absolute Gasteiger partial charge is 0.493 e. The third-order valence-corrected chi connectivity index (χ3v) is 3.63. The molecule has 2 aromatic carbocycles. The highest BCUT2D eigenvalue weighted by Gasteiger charge is 2.13. The lowest BCUT2D eigenvalue weighted by Crippen LogP contribution is -2.17. The fraction of sp³-hybridized carbons (Fsp3) is 0.316. The molecule has 0 fully saturated rings. The molecule has 0 bridgehead atoms. The fourth-order valence-electron chi connectivity index (χ4n) is 2.24. The van der Waals surface area contributed by atoms with E-state index < -0.39 is 0 Å². The van der Waals surface area contributed by atoms with Gasteiger partial charge in [-0.25, -0.2) is 0 Å². The van der Waals surface area contributed by atoms with Crippen LogP contribution in [0.15, 0.2) is 36.4 Å². The average Bonchev–Trinajstić information content (AvgIpc) is 2.62. The number of methoxy groups -OCH3 is 3. The Morgan fingerprint density at radius 2 is 1.36 bits per heavy atom. The van der Waals surface area contributed by atoms with Crippen LogP contribution >= 0.6 is 0 Å². The van der Waals surface area contributed by atoms with Crippen LogP contribution in [0.3, 0.4) is 0 Å². The third-order valence-electron chi connectivity index (χ3n) is 3.63. The van der Waals surface area contributed by atoms with Crippen LogP contribution in [-0.4, -0.2) is 27.2 Å². The molecule has 2 aromatic rings. The summed E-state index contributed by atoms with van der Waals surface area (Å²) in [5.41, 5.74) is 2.43. The Bertz CT molecular complexity index is 702. The Morgan fingerprint density at radius 1 is 0.840 bits per heavy atom. The first-order valence-electron chi connectivity index (χ1n) is 7.96. The van der Waals surface area contributed by atoms with Crippen LogP contribution in [0.1, 0.15) is 13.8 Å².